The second-order valence-corrected chi connectivity index (χ2v) is 8.57. The van der Waals surface area contributed by atoms with E-state index in [-0.39, 0.29) is 28.4 Å². The molecule has 0 radical (unpaired) electrons. The van der Waals surface area contributed by atoms with Crippen LogP contribution < -0.4 is 10.3 Å². The van der Waals surface area contributed by atoms with Crippen LogP contribution in [0.1, 0.15) is 5.56 Å². The molecule has 9 heteroatoms. The summed E-state index contributed by atoms with van der Waals surface area (Å²) < 4.78 is 24.5. The quantitative estimate of drug-likeness (QED) is 0.454. The molecule has 3 aromatic heterocycles. The molecular weight excluding hydrogens is 445 g/mol. The lowest BCUT2D eigenvalue weighted by Crippen LogP contribution is -2.25. The van der Waals surface area contributed by atoms with Crippen LogP contribution in [0.2, 0.25) is 5.02 Å². The third-order valence-electron chi connectivity index (χ3n) is 4.32. The highest BCUT2D eigenvalue weighted by Crippen LogP contribution is 2.36. The number of fused-ring (bicyclic) bond motifs is 3. The lowest BCUT2D eigenvalue weighted by molar-refractivity contribution is 0.383. The summed E-state index contributed by atoms with van der Waals surface area (Å²) in [7, 11) is 3.20. The molecule has 4 aromatic rings. The van der Waals surface area contributed by atoms with Crippen molar-refractivity contribution in [2.45, 2.75) is 6.54 Å². The fourth-order valence-corrected chi connectivity index (χ4v) is 4.86. The van der Waals surface area contributed by atoms with E-state index >= 15 is 0 Å². The fourth-order valence-electron chi connectivity index (χ4n) is 3.02. The van der Waals surface area contributed by atoms with Gasteiger partial charge in [-0.3, -0.25) is 4.79 Å². The van der Waals surface area contributed by atoms with Crippen LogP contribution in [0.3, 0.4) is 0 Å². The summed E-state index contributed by atoms with van der Waals surface area (Å²) in [6.45, 7) is -0.0842. The largest absolute Gasteiger partial charge is 0.494 e. The van der Waals surface area contributed by atoms with E-state index < -0.39 is 5.82 Å². The average molecular weight is 457 g/mol. The van der Waals surface area contributed by atoms with Crippen LogP contribution >= 0.6 is 38.9 Å². The van der Waals surface area contributed by atoms with Gasteiger partial charge in [-0.2, -0.15) is 5.10 Å². The summed E-state index contributed by atoms with van der Waals surface area (Å²) >= 11 is 11.1. The minimum atomic E-state index is -0.592. The normalized spacial score (nSPS) is 11.6. The Morgan fingerprint density at radius 3 is 2.92 bits per heavy atom. The maximum atomic E-state index is 14.5. The van der Waals surface area contributed by atoms with Gasteiger partial charge in [0.1, 0.15) is 5.52 Å². The van der Waals surface area contributed by atoms with Gasteiger partial charge < -0.3 is 9.30 Å². The maximum absolute atomic E-state index is 14.5. The van der Waals surface area contributed by atoms with Gasteiger partial charge in [-0.15, -0.1) is 11.3 Å². The molecule has 1 aromatic carbocycles. The molecule has 0 spiro atoms. The van der Waals surface area contributed by atoms with E-state index in [2.05, 4.69) is 21.0 Å². The van der Waals surface area contributed by atoms with E-state index in [0.29, 0.717) is 5.52 Å². The van der Waals surface area contributed by atoms with Crippen molar-refractivity contribution in [3.63, 3.8) is 0 Å². The van der Waals surface area contributed by atoms with Crippen molar-refractivity contribution in [3.05, 3.63) is 54.9 Å². The first-order valence-corrected chi connectivity index (χ1v) is 9.55. The molecule has 0 N–H and O–H groups in total. The smallest absolute Gasteiger partial charge is 0.291 e. The van der Waals surface area contributed by atoms with Gasteiger partial charge >= 0.3 is 0 Å². The van der Waals surface area contributed by atoms with Crippen LogP contribution in [-0.2, 0) is 13.6 Å². The lowest BCUT2D eigenvalue weighted by Gasteiger charge is -2.11. The van der Waals surface area contributed by atoms with E-state index in [1.807, 2.05) is 17.7 Å². The lowest BCUT2D eigenvalue weighted by atomic mass is 10.2. The van der Waals surface area contributed by atoms with Crippen LogP contribution in [0.5, 0.6) is 5.75 Å². The van der Waals surface area contributed by atoms with Gasteiger partial charge in [0.25, 0.3) is 5.56 Å². The van der Waals surface area contributed by atoms with Crippen molar-refractivity contribution in [2.24, 2.45) is 7.05 Å². The summed E-state index contributed by atoms with van der Waals surface area (Å²) in [6.07, 6.45) is 1.63. The highest BCUT2D eigenvalue weighted by molar-refractivity contribution is 9.11. The minimum absolute atomic E-state index is 0.0720. The molecule has 4 rings (SSSR count). The van der Waals surface area contributed by atoms with Crippen LogP contribution in [0.15, 0.2) is 33.0 Å². The number of benzene rings is 1. The Morgan fingerprint density at radius 1 is 1.42 bits per heavy atom. The van der Waals surface area contributed by atoms with Crippen molar-refractivity contribution in [1.29, 1.82) is 0 Å². The molecule has 26 heavy (non-hydrogen) atoms. The first-order chi connectivity index (χ1) is 12.4. The molecule has 0 aliphatic heterocycles. The number of nitrogens with zero attached hydrogens (tertiary/aromatic N) is 3. The monoisotopic (exact) mass is 455 g/mol. The minimum Gasteiger partial charge on any atom is -0.494 e. The van der Waals surface area contributed by atoms with Crippen molar-refractivity contribution in [2.75, 3.05) is 7.11 Å². The molecule has 3 heterocycles. The molecule has 0 atom stereocenters. The zero-order chi connectivity index (χ0) is 18.6. The van der Waals surface area contributed by atoms with E-state index in [1.165, 1.54) is 17.9 Å². The third kappa shape index (κ3) is 2.55. The Morgan fingerprint density at radius 2 is 2.19 bits per heavy atom. The number of halogens is 3. The number of ether oxygens (including phenoxy) is 1. The van der Waals surface area contributed by atoms with Gasteiger partial charge in [0, 0.05) is 23.0 Å². The molecule has 0 amide bonds. The van der Waals surface area contributed by atoms with Crippen LogP contribution in [0.25, 0.3) is 21.1 Å². The van der Waals surface area contributed by atoms with Gasteiger partial charge in [-0.05, 0) is 34.1 Å². The molecular formula is C17H12BrClFN3O2S. The Kier molecular flexibility index (Phi) is 4.29. The van der Waals surface area contributed by atoms with E-state index in [1.54, 1.807) is 23.6 Å². The Hall–Kier alpha value is -1.90. The van der Waals surface area contributed by atoms with E-state index in [4.69, 9.17) is 16.3 Å². The summed E-state index contributed by atoms with van der Waals surface area (Å²) in [5.41, 5.74) is 1.33. The number of thiophene rings is 1. The summed E-state index contributed by atoms with van der Waals surface area (Å²) in [6, 6.07) is 4.95. The number of aryl methyl sites for hydroxylation is 1. The topological polar surface area (TPSA) is 49.0 Å². The first-order valence-electron chi connectivity index (χ1n) is 7.56. The third-order valence-corrected chi connectivity index (χ3v) is 6.34. The number of rotatable bonds is 3. The molecule has 0 fully saturated rings. The average Bonchev–Trinajstić information content (AvgIpc) is 3.11. The van der Waals surface area contributed by atoms with Crippen LogP contribution in [-0.4, -0.2) is 21.5 Å². The SMILES string of the molecule is COc1ccc(Cl)c(Cn2ncc3c4sc(Br)cc4n(C)c3c2=O)c1F. The predicted octanol–water partition coefficient (Wildman–Crippen LogP) is 4.56. The Labute approximate surface area is 164 Å². The second-order valence-electron chi connectivity index (χ2n) is 5.74. The number of aromatic nitrogens is 3. The molecule has 0 saturated carbocycles. The summed E-state index contributed by atoms with van der Waals surface area (Å²) in [5.74, 6) is -0.520. The van der Waals surface area contributed by atoms with Crippen molar-refractivity contribution in [1.82, 2.24) is 14.3 Å². The number of methoxy groups -OCH3 is 1. The first kappa shape index (κ1) is 17.5. The van der Waals surface area contributed by atoms with Gasteiger partial charge in [0.15, 0.2) is 11.6 Å². The highest BCUT2D eigenvalue weighted by Gasteiger charge is 2.19. The molecule has 5 nitrogen and oxygen atoms in total. The van der Waals surface area contributed by atoms with Crippen molar-refractivity contribution >= 4 is 60.0 Å². The Bertz CT molecular complexity index is 1230. The molecule has 0 aliphatic rings. The van der Waals surface area contributed by atoms with Crippen molar-refractivity contribution in [3.8, 4) is 5.75 Å². The molecule has 0 saturated heterocycles. The van der Waals surface area contributed by atoms with Gasteiger partial charge in [-0.1, -0.05) is 11.6 Å². The zero-order valence-corrected chi connectivity index (χ0v) is 16.9. The summed E-state index contributed by atoms with van der Waals surface area (Å²) in [4.78, 5) is 13.0. The molecule has 0 aliphatic carbocycles. The molecule has 0 bridgehead atoms. The highest BCUT2D eigenvalue weighted by atomic mass is 79.9. The van der Waals surface area contributed by atoms with Crippen LogP contribution in [0, 0.1) is 5.82 Å². The number of hydrogen-bond donors (Lipinski definition) is 0. The summed E-state index contributed by atoms with van der Waals surface area (Å²) in [5, 5.41) is 5.22. The van der Waals surface area contributed by atoms with Crippen molar-refractivity contribution < 1.29 is 9.13 Å². The predicted molar refractivity (Wildman–Crippen MR) is 105 cm³/mol. The fraction of sp³-hybridized carbons (Fsp3) is 0.176. The standard InChI is InChI=1S/C17H12BrClFN3O2S/c1-22-11-5-13(18)26-16(11)8-6-21-23(17(24)15(8)22)7-9-10(19)3-4-12(25-2)14(9)20/h3-6H,7H2,1-2H3. The molecule has 134 valence electrons. The zero-order valence-electron chi connectivity index (χ0n) is 13.7. The Balaban J connectivity index is 1.90. The van der Waals surface area contributed by atoms with Gasteiger partial charge in [0.05, 0.1) is 33.9 Å². The number of hydrogen-bond acceptors (Lipinski definition) is 4. The van der Waals surface area contributed by atoms with Gasteiger partial charge in [-0.25, -0.2) is 9.07 Å². The van der Waals surface area contributed by atoms with Crippen LogP contribution in [0.4, 0.5) is 4.39 Å². The van der Waals surface area contributed by atoms with Gasteiger partial charge in [0.2, 0.25) is 0 Å². The maximum Gasteiger partial charge on any atom is 0.291 e. The second kappa shape index (κ2) is 6.37. The molecule has 0 unspecified atom stereocenters. The van der Waals surface area contributed by atoms with E-state index in [9.17, 15) is 9.18 Å². The van der Waals surface area contributed by atoms with E-state index in [0.717, 1.165) is 19.4 Å².